The number of carbonyl (C=O) groups excluding carboxylic acids is 1. The third kappa shape index (κ3) is 4.63. The molecule has 0 aromatic carbocycles. The monoisotopic (exact) mass is 264 g/mol. The second-order valence-electron chi connectivity index (χ2n) is 4.65. The van der Waals surface area contributed by atoms with E-state index < -0.39 is 21.7 Å². The molecule has 1 heterocycles. The van der Waals surface area contributed by atoms with Gasteiger partial charge in [0.15, 0.2) is 9.84 Å². The molecule has 1 rings (SSSR count). The lowest BCUT2D eigenvalue weighted by Crippen LogP contribution is -2.29. The van der Waals surface area contributed by atoms with E-state index in [2.05, 4.69) is 4.74 Å². The van der Waals surface area contributed by atoms with Gasteiger partial charge in [0.2, 0.25) is 0 Å². The summed E-state index contributed by atoms with van der Waals surface area (Å²) in [6, 6.07) is 0. The summed E-state index contributed by atoms with van der Waals surface area (Å²) < 4.78 is 33.7. The summed E-state index contributed by atoms with van der Waals surface area (Å²) in [5.41, 5.74) is 0. The summed E-state index contributed by atoms with van der Waals surface area (Å²) >= 11 is 0. The average Bonchev–Trinajstić information content (AvgIpc) is 2.60. The quantitative estimate of drug-likeness (QED) is 0.686. The van der Waals surface area contributed by atoms with Crippen LogP contribution in [0.3, 0.4) is 0 Å². The van der Waals surface area contributed by atoms with Gasteiger partial charge in [-0.1, -0.05) is 6.92 Å². The molecule has 0 radical (unpaired) electrons. The summed E-state index contributed by atoms with van der Waals surface area (Å²) in [5.74, 6) is -1.29. The van der Waals surface area contributed by atoms with E-state index in [0.717, 1.165) is 12.8 Å². The molecule has 0 N–H and O–H groups in total. The SMILES string of the molecule is COC(=O)C(C)CS(=O)(=O)CC1CCC(C)O1. The third-order valence-corrected chi connectivity index (χ3v) is 4.75. The Bertz CT molecular complexity index is 362. The Hall–Kier alpha value is -0.620. The molecular formula is C11H20O5S. The lowest BCUT2D eigenvalue weighted by molar-refractivity contribution is -0.144. The highest BCUT2D eigenvalue weighted by Crippen LogP contribution is 2.21. The molecule has 5 nitrogen and oxygen atoms in total. The zero-order valence-electron chi connectivity index (χ0n) is 10.5. The van der Waals surface area contributed by atoms with E-state index in [1.54, 1.807) is 6.92 Å². The number of hydrogen-bond acceptors (Lipinski definition) is 5. The van der Waals surface area contributed by atoms with Crippen LogP contribution in [0.5, 0.6) is 0 Å². The highest BCUT2D eigenvalue weighted by Gasteiger charge is 2.29. The van der Waals surface area contributed by atoms with Gasteiger partial charge in [0.1, 0.15) is 0 Å². The van der Waals surface area contributed by atoms with Crippen molar-refractivity contribution in [2.24, 2.45) is 5.92 Å². The maximum atomic E-state index is 11.8. The fraction of sp³-hybridized carbons (Fsp3) is 0.909. The summed E-state index contributed by atoms with van der Waals surface area (Å²) in [4.78, 5) is 11.2. The topological polar surface area (TPSA) is 69.7 Å². The number of esters is 1. The Kier molecular flexibility index (Phi) is 4.94. The Labute approximate surface area is 102 Å². The highest BCUT2D eigenvalue weighted by molar-refractivity contribution is 7.91. The van der Waals surface area contributed by atoms with E-state index in [9.17, 15) is 13.2 Å². The zero-order chi connectivity index (χ0) is 13.1. The molecule has 0 spiro atoms. The van der Waals surface area contributed by atoms with Crippen LogP contribution in [0.2, 0.25) is 0 Å². The van der Waals surface area contributed by atoms with Gasteiger partial charge in [-0.25, -0.2) is 8.42 Å². The van der Waals surface area contributed by atoms with E-state index >= 15 is 0 Å². The number of hydrogen-bond donors (Lipinski definition) is 0. The van der Waals surface area contributed by atoms with Crippen molar-refractivity contribution in [2.75, 3.05) is 18.6 Å². The van der Waals surface area contributed by atoms with Gasteiger partial charge in [0.05, 0.1) is 36.7 Å². The van der Waals surface area contributed by atoms with Crippen LogP contribution in [0.15, 0.2) is 0 Å². The molecule has 0 aromatic rings. The summed E-state index contributed by atoms with van der Waals surface area (Å²) in [6.07, 6.45) is 1.58. The fourth-order valence-corrected chi connectivity index (χ4v) is 3.85. The van der Waals surface area contributed by atoms with Gasteiger partial charge in [-0.05, 0) is 19.8 Å². The van der Waals surface area contributed by atoms with Crippen molar-refractivity contribution in [1.29, 1.82) is 0 Å². The Morgan fingerprint density at radius 3 is 2.59 bits per heavy atom. The molecular weight excluding hydrogens is 244 g/mol. The van der Waals surface area contributed by atoms with Gasteiger partial charge in [-0.3, -0.25) is 4.79 Å². The fourth-order valence-electron chi connectivity index (χ4n) is 2.01. The number of ether oxygens (including phenoxy) is 2. The van der Waals surface area contributed by atoms with Gasteiger partial charge in [-0.2, -0.15) is 0 Å². The van der Waals surface area contributed by atoms with Crippen LogP contribution in [-0.2, 0) is 24.1 Å². The van der Waals surface area contributed by atoms with Crippen molar-refractivity contribution < 1.29 is 22.7 Å². The van der Waals surface area contributed by atoms with Crippen molar-refractivity contribution in [1.82, 2.24) is 0 Å². The van der Waals surface area contributed by atoms with Crippen LogP contribution >= 0.6 is 0 Å². The van der Waals surface area contributed by atoms with Crippen molar-refractivity contribution in [2.45, 2.75) is 38.9 Å². The first-order valence-corrected chi connectivity index (χ1v) is 7.60. The van der Waals surface area contributed by atoms with E-state index in [1.165, 1.54) is 7.11 Å². The average molecular weight is 264 g/mol. The summed E-state index contributed by atoms with van der Waals surface area (Å²) in [5, 5.41) is 0. The minimum absolute atomic E-state index is 0.00132. The Morgan fingerprint density at radius 2 is 2.12 bits per heavy atom. The van der Waals surface area contributed by atoms with E-state index in [-0.39, 0.29) is 23.7 Å². The smallest absolute Gasteiger partial charge is 0.309 e. The Morgan fingerprint density at radius 1 is 1.47 bits per heavy atom. The molecule has 0 aromatic heterocycles. The van der Waals surface area contributed by atoms with Crippen LogP contribution in [0.1, 0.15) is 26.7 Å². The number of carbonyl (C=O) groups is 1. The molecule has 6 heteroatoms. The minimum atomic E-state index is -3.27. The number of rotatable bonds is 5. The van der Waals surface area contributed by atoms with Gasteiger partial charge in [0.25, 0.3) is 0 Å². The molecule has 1 aliphatic rings. The molecule has 0 aliphatic carbocycles. The third-order valence-electron chi connectivity index (χ3n) is 2.87. The van der Waals surface area contributed by atoms with Crippen LogP contribution in [0.25, 0.3) is 0 Å². The summed E-state index contributed by atoms with van der Waals surface area (Å²) in [7, 11) is -2.01. The van der Waals surface area contributed by atoms with Crippen molar-refractivity contribution in [3.63, 3.8) is 0 Å². The molecule has 3 unspecified atom stereocenters. The van der Waals surface area contributed by atoms with Crippen LogP contribution in [0, 0.1) is 5.92 Å². The highest BCUT2D eigenvalue weighted by atomic mass is 32.2. The zero-order valence-corrected chi connectivity index (χ0v) is 11.3. The van der Waals surface area contributed by atoms with Gasteiger partial charge in [0, 0.05) is 0 Å². The maximum Gasteiger partial charge on any atom is 0.309 e. The Balaban J connectivity index is 2.49. The maximum absolute atomic E-state index is 11.8. The number of sulfone groups is 1. The lowest BCUT2D eigenvalue weighted by atomic mass is 10.2. The van der Waals surface area contributed by atoms with Crippen molar-refractivity contribution in [3.05, 3.63) is 0 Å². The van der Waals surface area contributed by atoms with Crippen molar-refractivity contribution in [3.8, 4) is 0 Å². The standard InChI is InChI=1S/C11H20O5S/c1-8(11(12)15-3)6-17(13,14)7-10-5-4-9(2)16-10/h8-10H,4-7H2,1-3H3. The van der Waals surface area contributed by atoms with E-state index in [0.29, 0.717) is 0 Å². The molecule has 0 bridgehead atoms. The molecule has 17 heavy (non-hydrogen) atoms. The second-order valence-corrected chi connectivity index (χ2v) is 6.80. The van der Waals surface area contributed by atoms with E-state index in [1.807, 2.05) is 6.92 Å². The molecule has 100 valence electrons. The largest absolute Gasteiger partial charge is 0.469 e. The van der Waals surface area contributed by atoms with Crippen LogP contribution in [-0.4, -0.2) is 45.2 Å². The molecule has 0 saturated carbocycles. The first kappa shape index (κ1) is 14.4. The lowest BCUT2D eigenvalue weighted by Gasteiger charge is -2.13. The predicted octanol–water partition coefficient (Wildman–Crippen LogP) is 0.778. The predicted molar refractivity (Wildman–Crippen MR) is 63.4 cm³/mol. The van der Waals surface area contributed by atoms with Gasteiger partial charge >= 0.3 is 5.97 Å². The van der Waals surface area contributed by atoms with Gasteiger partial charge < -0.3 is 9.47 Å². The van der Waals surface area contributed by atoms with E-state index in [4.69, 9.17) is 4.74 Å². The molecule has 1 saturated heterocycles. The molecule has 1 fully saturated rings. The van der Waals surface area contributed by atoms with Crippen LogP contribution < -0.4 is 0 Å². The van der Waals surface area contributed by atoms with Crippen molar-refractivity contribution >= 4 is 15.8 Å². The first-order valence-electron chi connectivity index (χ1n) is 5.77. The van der Waals surface area contributed by atoms with Crippen LogP contribution in [0.4, 0.5) is 0 Å². The molecule has 0 amide bonds. The van der Waals surface area contributed by atoms with Gasteiger partial charge in [-0.15, -0.1) is 0 Å². The summed E-state index contributed by atoms with van der Waals surface area (Å²) in [6.45, 7) is 3.49. The second kappa shape index (κ2) is 5.82. The molecule has 1 aliphatic heterocycles. The minimum Gasteiger partial charge on any atom is -0.469 e. The molecule has 3 atom stereocenters. The first-order chi connectivity index (χ1) is 7.84. The normalized spacial score (nSPS) is 26.8. The number of methoxy groups -OCH3 is 1.